The van der Waals surface area contributed by atoms with Gasteiger partial charge in [-0.2, -0.15) is 0 Å². The smallest absolute Gasteiger partial charge is 0.350 e. The molecule has 0 fully saturated rings. The van der Waals surface area contributed by atoms with E-state index in [0.29, 0.717) is 17.2 Å². The third-order valence-corrected chi connectivity index (χ3v) is 4.26. The highest BCUT2D eigenvalue weighted by Crippen LogP contribution is 2.36. The lowest BCUT2D eigenvalue weighted by atomic mass is 10.0. The van der Waals surface area contributed by atoms with E-state index in [1.807, 2.05) is 18.2 Å². The normalized spacial score (nSPS) is 10.5. The summed E-state index contributed by atoms with van der Waals surface area (Å²) < 4.78 is 5.00. The van der Waals surface area contributed by atoms with Crippen LogP contribution in [0.1, 0.15) is 27.7 Å². The molecular weight excluding hydrogens is 258 g/mol. The summed E-state index contributed by atoms with van der Waals surface area (Å²) in [7, 11) is 0. The van der Waals surface area contributed by atoms with Crippen LogP contribution in [0.25, 0.3) is 10.4 Å². The van der Waals surface area contributed by atoms with Crippen molar-refractivity contribution in [3.8, 4) is 10.4 Å². The first-order valence-corrected chi connectivity index (χ1v) is 6.99. The SMILES string of the molecule is CCOC(=O)c1sc(-c2cccc(C)c2C)cc1N. The summed E-state index contributed by atoms with van der Waals surface area (Å²) in [4.78, 5) is 13.3. The molecule has 1 aromatic heterocycles. The summed E-state index contributed by atoms with van der Waals surface area (Å²) in [5.41, 5.74) is 9.94. The molecule has 0 radical (unpaired) electrons. The van der Waals surface area contributed by atoms with E-state index in [2.05, 4.69) is 19.9 Å². The van der Waals surface area contributed by atoms with Crippen LogP contribution in [0.3, 0.4) is 0 Å². The largest absolute Gasteiger partial charge is 0.462 e. The molecule has 2 N–H and O–H groups in total. The summed E-state index contributed by atoms with van der Waals surface area (Å²) in [6.07, 6.45) is 0. The van der Waals surface area contributed by atoms with Crippen molar-refractivity contribution in [3.63, 3.8) is 0 Å². The number of esters is 1. The standard InChI is InChI=1S/C15H17NO2S/c1-4-18-15(17)14-12(16)8-13(19-14)11-7-5-6-9(2)10(11)3/h5-8H,4,16H2,1-3H3. The van der Waals surface area contributed by atoms with Crippen LogP contribution in [-0.4, -0.2) is 12.6 Å². The Morgan fingerprint density at radius 3 is 2.79 bits per heavy atom. The fourth-order valence-electron chi connectivity index (χ4n) is 1.91. The zero-order valence-corrected chi connectivity index (χ0v) is 12.1. The average molecular weight is 275 g/mol. The van der Waals surface area contributed by atoms with E-state index in [0.717, 1.165) is 10.4 Å². The van der Waals surface area contributed by atoms with Crippen molar-refractivity contribution in [2.75, 3.05) is 12.3 Å². The van der Waals surface area contributed by atoms with Gasteiger partial charge in [0.15, 0.2) is 0 Å². The van der Waals surface area contributed by atoms with E-state index >= 15 is 0 Å². The molecule has 0 aliphatic rings. The van der Waals surface area contributed by atoms with Gasteiger partial charge in [-0.3, -0.25) is 0 Å². The minimum Gasteiger partial charge on any atom is -0.462 e. The number of nitrogen functional groups attached to an aromatic ring is 1. The maximum atomic E-state index is 11.8. The van der Waals surface area contributed by atoms with Crippen molar-refractivity contribution >= 4 is 23.0 Å². The second kappa shape index (κ2) is 5.45. The molecule has 2 aromatic rings. The number of ether oxygens (including phenoxy) is 1. The Bertz CT molecular complexity index is 617. The lowest BCUT2D eigenvalue weighted by Crippen LogP contribution is -2.04. The number of hydrogen-bond donors (Lipinski definition) is 1. The van der Waals surface area contributed by atoms with Gasteiger partial charge < -0.3 is 10.5 Å². The van der Waals surface area contributed by atoms with E-state index in [-0.39, 0.29) is 5.97 Å². The zero-order valence-electron chi connectivity index (χ0n) is 11.3. The summed E-state index contributed by atoms with van der Waals surface area (Å²) in [6.45, 7) is 6.29. The number of aryl methyl sites for hydroxylation is 1. The van der Waals surface area contributed by atoms with Gasteiger partial charge in [-0.05, 0) is 43.5 Å². The molecule has 19 heavy (non-hydrogen) atoms. The summed E-state index contributed by atoms with van der Waals surface area (Å²) in [6, 6.07) is 7.97. The lowest BCUT2D eigenvalue weighted by Gasteiger charge is -2.05. The lowest BCUT2D eigenvalue weighted by molar-refractivity contribution is 0.0533. The van der Waals surface area contributed by atoms with Gasteiger partial charge in [0.05, 0.1) is 12.3 Å². The molecule has 2 rings (SSSR count). The van der Waals surface area contributed by atoms with Gasteiger partial charge in [-0.25, -0.2) is 4.79 Å². The van der Waals surface area contributed by atoms with Crippen LogP contribution in [0.4, 0.5) is 5.69 Å². The Labute approximate surface area is 117 Å². The predicted molar refractivity (Wildman–Crippen MR) is 79.6 cm³/mol. The van der Waals surface area contributed by atoms with Gasteiger partial charge in [0.2, 0.25) is 0 Å². The first-order chi connectivity index (χ1) is 9.04. The Hall–Kier alpha value is -1.81. The Balaban J connectivity index is 2.45. The number of carbonyl (C=O) groups excluding carboxylic acids is 1. The van der Waals surface area contributed by atoms with Crippen LogP contribution < -0.4 is 5.73 Å². The quantitative estimate of drug-likeness (QED) is 0.867. The van der Waals surface area contributed by atoms with Gasteiger partial charge in [0.1, 0.15) is 4.88 Å². The third kappa shape index (κ3) is 2.63. The van der Waals surface area contributed by atoms with Crippen molar-refractivity contribution in [3.05, 3.63) is 40.3 Å². The summed E-state index contributed by atoms with van der Waals surface area (Å²) in [5.74, 6) is -0.346. The third-order valence-electron chi connectivity index (χ3n) is 3.09. The summed E-state index contributed by atoms with van der Waals surface area (Å²) >= 11 is 1.38. The predicted octanol–water partition coefficient (Wildman–Crippen LogP) is 3.79. The van der Waals surface area contributed by atoms with Crippen molar-refractivity contribution < 1.29 is 9.53 Å². The minimum atomic E-state index is -0.346. The first kappa shape index (κ1) is 13.6. The van der Waals surface area contributed by atoms with Crippen molar-refractivity contribution in [2.24, 2.45) is 0 Å². The Morgan fingerprint density at radius 2 is 2.11 bits per heavy atom. The number of rotatable bonds is 3. The Morgan fingerprint density at radius 1 is 1.37 bits per heavy atom. The van der Waals surface area contributed by atoms with Crippen LogP contribution in [0.15, 0.2) is 24.3 Å². The number of hydrogen-bond acceptors (Lipinski definition) is 4. The molecule has 0 aliphatic carbocycles. The molecule has 1 heterocycles. The molecule has 0 amide bonds. The van der Waals surface area contributed by atoms with Crippen LogP contribution in [0.5, 0.6) is 0 Å². The van der Waals surface area contributed by atoms with Gasteiger partial charge in [0.25, 0.3) is 0 Å². The zero-order chi connectivity index (χ0) is 14.0. The molecule has 0 bridgehead atoms. The van der Waals surface area contributed by atoms with E-state index in [4.69, 9.17) is 10.5 Å². The minimum absolute atomic E-state index is 0.346. The molecule has 0 saturated carbocycles. The molecular formula is C15H17NO2S. The number of benzene rings is 1. The van der Waals surface area contributed by atoms with E-state index in [1.54, 1.807) is 6.92 Å². The second-order valence-electron chi connectivity index (χ2n) is 4.36. The highest BCUT2D eigenvalue weighted by Gasteiger charge is 2.17. The molecule has 3 nitrogen and oxygen atoms in total. The molecule has 0 unspecified atom stereocenters. The van der Waals surface area contributed by atoms with Crippen molar-refractivity contribution in [1.82, 2.24) is 0 Å². The maximum absolute atomic E-state index is 11.8. The number of anilines is 1. The highest BCUT2D eigenvalue weighted by molar-refractivity contribution is 7.18. The molecule has 4 heteroatoms. The van der Waals surface area contributed by atoms with Crippen molar-refractivity contribution in [1.29, 1.82) is 0 Å². The van der Waals surface area contributed by atoms with Gasteiger partial charge >= 0.3 is 5.97 Å². The number of thiophene rings is 1. The van der Waals surface area contributed by atoms with Crippen LogP contribution in [-0.2, 0) is 4.74 Å². The molecule has 1 aromatic carbocycles. The van der Waals surface area contributed by atoms with E-state index in [9.17, 15) is 4.79 Å². The Kier molecular flexibility index (Phi) is 3.90. The number of carbonyl (C=O) groups is 1. The van der Waals surface area contributed by atoms with E-state index in [1.165, 1.54) is 22.5 Å². The van der Waals surface area contributed by atoms with E-state index < -0.39 is 0 Å². The molecule has 0 atom stereocenters. The first-order valence-electron chi connectivity index (χ1n) is 6.17. The monoisotopic (exact) mass is 275 g/mol. The van der Waals surface area contributed by atoms with Crippen LogP contribution in [0, 0.1) is 13.8 Å². The second-order valence-corrected chi connectivity index (χ2v) is 5.42. The van der Waals surface area contributed by atoms with Gasteiger partial charge in [0, 0.05) is 4.88 Å². The van der Waals surface area contributed by atoms with Crippen LogP contribution in [0.2, 0.25) is 0 Å². The maximum Gasteiger partial charge on any atom is 0.350 e. The van der Waals surface area contributed by atoms with Gasteiger partial charge in [-0.1, -0.05) is 18.2 Å². The topological polar surface area (TPSA) is 52.3 Å². The van der Waals surface area contributed by atoms with Crippen molar-refractivity contribution in [2.45, 2.75) is 20.8 Å². The average Bonchev–Trinajstić information content (AvgIpc) is 2.75. The molecule has 100 valence electrons. The molecule has 0 saturated heterocycles. The van der Waals surface area contributed by atoms with Gasteiger partial charge in [-0.15, -0.1) is 11.3 Å². The highest BCUT2D eigenvalue weighted by atomic mass is 32.1. The number of nitrogens with two attached hydrogens (primary N) is 1. The molecule has 0 aliphatic heterocycles. The fourth-order valence-corrected chi connectivity index (χ4v) is 2.97. The summed E-state index contributed by atoms with van der Waals surface area (Å²) in [5, 5.41) is 0. The fraction of sp³-hybridized carbons (Fsp3) is 0.267. The van der Waals surface area contributed by atoms with Crippen LogP contribution >= 0.6 is 11.3 Å². The molecule has 0 spiro atoms.